The lowest BCUT2D eigenvalue weighted by atomic mass is 10.3. The molecule has 0 bridgehead atoms. The summed E-state index contributed by atoms with van der Waals surface area (Å²) in [5.74, 6) is 1.82. The summed E-state index contributed by atoms with van der Waals surface area (Å²) in [6.45, 7) is 5.19. The van der Waals surface area contributed by atoms with Gasteiger partial charge in [-0.05, 0) is 19.1 Å². The van der Waals surface area contributed by atoms with Crippen molar-refractivity contribution in [2.75, 3.05) is 14.2 Å². The molecule has 0 saturated heterocycles. The zero-order valence-electron chi connectivity index (χ0n) is 10.0. The van der Waals surface area contributed by atoms with E-state index >= 15 is 0 Å². The summed E-state index contributed by atoms with van der Waals surface area (Å²) < 4.78 is 14.2. The molecule has 0 aliphatic carbocycles. The number of ether oxygens (including phenoxy) is 2. The smallest absolute Gasteiger partial charge is 0.269 e. The standard InChI is InChI=1S/C12H16NO2S/c1-5-13-8(2)16-12-10(15-4)7-6-9(14-3)11(12)13/h6-7H,5H2,1-4H3/q+1. The molecule has 0 radical (unpaired) electrons. The number of benzene rings is 1. The number of aryl methyl sites for hydroxylation is 2. The minimum absolute atomic E-state index is 0.905. The molecule has 0 spiro atoms. The van der Waals surface area contributed by atoms with E-state index in [1.54, 1.807) is 25.6 Å². The molecule has 3 nitrogen and oxygen atoms in total. The number of thiazole rings is 1. The highest BCUT2D eigenvalue weighted by Gasteiger charge is 2.23. The second-order valence-electron chi connectivity index (χ2n) is 3.51. The average Bonchev–Trinajstić information content (AvgIpc) is 2.64. The van der Waals surface area contributed by atoms with Crippen LogP contribution < -0.4 is 14.0 Å². The summed E-state index contributed by atoms with van der Waals surface area (Å²) in [6, 6.07) is 3.91. The fourth-order valence-electron chi connectivity index (χ4n) is 1.96. The van der Waals surface area contributed by atoms with Crippen molar-refractivity contribution in [2.45, 2.75) is 20.4 Å². The molecular weight excluding hydrogens is 222 g/mol. The Bertz CT molecular complexity index is 519. The number of hydrogen-bond acceptors (Lipinski definition) is 3. The Hall–Kier alpha value is -1.29. The molecule has 0 fully saturated rings. The van der Waals surface area contributed by atoms with E-state index in [1.165, 1.54) is 5.01 Å². The molecule has 0 N–H and O–H groups in total. The van der Waals surface area contributed by atoms with Gasteiger partial charge in [-0.3, -0.25) is 0 Å². The van der Waals surface area contributed by atoms with E-state index in [-0.39, 0.29) is 0 Å². The van der Waals surface area contributed by atoms with E-state index in [9.17, 15) is 0 Å². The molecule has 0 amide bonds. The van der Waals surface area contributed by atoms with Crippen molar-refractivity contribution in [3.05, 3.63) is 17.1 Å². The molecule has 1 aromatic heterocycles. The fourth-order valence-corrected chi connectivity index (χ4v) is 3.14. The molecule has 0 aliphatic heterocycles. The van der Waals surface area contributed by atoms with Gasteiger partial charge in [0.05, 0.1) is 14.2 Å². The lowest BCUT2D eigenvalue weighted by Gasteiger charge is -2.03. The molecule has 1 aromatic carbocycles. The first kappa shape index (κ1) is 11.2. The normalized spacial score (nSPS) is 10.8. The summed E-state index contributed by atoms with van der Waals surface area (Å²) in [5.41, 5.74) is 1.13. The Morgan fingerprint density at radius 2 is 1.81 bits per heavy atom. The highest BCUT2D eigenvalue weighted by molar-refractivity contribution is 7.18. The average molecular weight is 238 g/mol. The van der Waals surface area contributed by atoms with Crippen molar-refractivity contribution in [1.82, 2.24) is 0 Å². The van der Waals surface area contributed by atoms with E-state index in [2.05, 4.69) is 18.4 Å². The van der Waals surface area contributed by atoms with Crippen molar-refractivity contribution >= 4 is 21.6 Å². The first-order valence-corrected chi connectivity index (χ1v) is 6.08. The van der Waals surface area contributed by atoms with Crippen LogP contribution in [-0.2, 0) is 6.54 Å². The van der Waals surface area contributed by atoms with Crippen LogP contribution >= 0.6 is 11.3 Å². The van der Waals surface area contributed by atoms with Crippen LogP contribution in [0.25, 0.3) is 10.2 Å². The van der Waals surface area contributed by atoms with Gasteiger partial charge in [0.25, 0.3) is 5.52 Å². The minimum atomic E-state index is 0.905. The molecular formula is C12H16NO2S+. The number of rotatable bonds is 3. The van der Waals surface area contributed by atoms with Crippen LogP contribution in [0.15, 0.2) is 12.1 Å². The SMILES string of the molecule is CC[n+]1c(C)sc2c(OC)ccc(OC)c21. The van der Waals surface area contributed by atoms with Gasteiger partial charge < -0.3 is 9.47 Å². The zero-order valence-corrected chi connectivity index (χ0v) is 10.9. The van der Waals surface area contributed by atoms with Gasteiger partial charge >= 0.3 is 0 Å². The van der Waals surface area contributed by atoms with E-state index in [4.69, 9.17) is 9.47 Å². The molecule has 2 aromatic rings. The predicted octanol–water partition coefficient (Wildman–Crippen LogP) is 2.53. The molecule has 0 atom stereocenters. The van der Waals surface area contributed by atoms with Crippen LogP contribution in [0.2, 0.25) is 0 Å². The first-order valence-electron chi connectivity index (χ1n) is 5.26. The summed E-state index contributed by atoms with van der Waals surface area (Å²) in [5, 5.41) is 1.26. The molecule has 16 heavy (non-hydrogen) atoms. The number of hydrogen-bond donors (Lipinski definition) is 0. The Balaban J connectivity index is 2.85. The number of methoxy groups -OCH3 is 2. The third kappa shape index (κ3) is 1.53. The van der Waals surface area contributed by atoms with Crippen molar-refractivity contribution in [2.24, 2.45) is 0 Å². The van der Waals surface area contributed by atoms with Gasteiger partial charge in [0.15, 0.2) is 10.4 Å². The van der Waals surface area contributed by atoms with Gasteiger partial charge in [-0.15, -0.1) is 0 Å². The largest absolute Gasteiger partial charge is 0.495 e. The number of nitrogens with zero attached hydrogens (tertiary/aromatic N) is 1. The molecule has 86 valence electrons. The van der Waals surface area contributed by atoms with E-state index < -0.39 is 0 Å². The van der Waals surface area contributed by atoms with Crippen LogP contribution in [0.3, 0.4) is 0 Å². The summed E-state index contributed by atoms with van der Waals surface area (Å²) in [6.07, 6.45) is 0. The van der Waals surface area contributed by atoms with Crippen LogP contribution in [0, 0.1) is 6.92 Å². The number of fused-ring (bicyclic) bond motifs is 1. The van der Waals surface area contributed by atoms with Gasteiger partial charge in [-0.25, -0.2) is 0 Å². The third-order valence-electron chi connectivity index (χ3n) is 2.71. The van der Waals surface area contributed by atoms with Crippen LogP contribution in [0.1, 0.15) is 11.9 Å². The van der Waals surface area contributed by atoms with Crippen LogP contribution in [0.5, 0.6) is 11.5 Å². The topological polar surface area (TPSA) is 22.3 Å². The zero-order chi connectivity index (χ0) is 11.7. The van der Waals surface area contributed by atoms with Crippen molar-refractivity contribution < 1.29 is 14.0 Å². The summed E-state index contributed by atoms with van der Waals surface area (Å²) in [4.78, 5) is 0. The maximum absolute atomic E-state index is 5.41. The van der Waals surface area contributed by atoms with Crippen molar-refractivity contribution in [3.63, 3.8) is 0 Å². The maximum atomic E-state index is 5.41. The van der Waals surface area contributed by atoms with Gasteiger partial charge in [0.2, 0.25) is 5.01 Å². The van der Waals surface area contributed by atoms with Crippen molar-refractivity contribution in [1.29, 1.82) is 0 Å². The fraction of sp³-hybridized carbons (Fsp3) is 0.417. The molecule has 1 heterocycles. The second-order valence-corrected chi connectivity index (χ2v) is 4.72. The molecule has 0 saturated carbocycles. The number of aromatic nitrogens is 1. The first-order chi connectivity index (χ1) is 7.72. The maximum Gasteiger partial charge on any atom is 0.269 e. The Kier molecular flexibility index (Phi) is 3.01. The second kappa shape index (κ2) is 4.29. The van der Waals surface area contributed by atoms with Crippen LogP contribution in [0.4, 0.5) is 0 Å². The molecule has 4 heteroatoms. The highest BCUT2D eigenvalue weighted by atomic mass is 32.1. The van der Waals surface area contributed by atoms with Crippen molar-refractivity contribution in [3.8, 4) is 11.5 Å². The van der Waals surface area contributed by atoms with Gasteiger partial charge in [0, 0.05) is 6.92 Å². The lowest BCUT2D eigenvalue weighted by molar-refractivity contribution is -0.669. The van der Waals surface area contributed by atoms with Gasteiger partial charge in [-0.1, -0.05) is 11.3 Å². The highest BCUT2D eigenvalue weighted by Crippen LogP contribution is 2.35. The molecule has 0 aliphatic rings. The molecule has 2 rings (SSSR count). The molecule has 0 unspecified atom stereocenters. The summed E-state index contributed by atoms with van der Waals surface area (Å²) in [7, 11) is 3.40. The Morgan fingerprint density at radius 1 is 1.19 bits per heavy atom. The van der Waals surface area contributed by atoms with Gasteiger partial charge in [-0.2, -0.15) is 4.57 Å². The lowest BCUT2D eigenvalue weighted by Crippen LogP contribution is -2.33. The Morgan fingerprint density at radius 3 is 2.38 bits per heavy atom. The quantitative estimate of drug-likeness (QED) is 0.767. The van der Waals surface area contributed by atoms with Gasteiger partial charge in [0.1, 0.15) is 12.3 Å². The van der Waals surface area contributed by atoms with E-state index in [0.29, 0.717) is 0 Å². The monoisotopic (exact) mass is 238 g/mol. The van der Waals surface area contributed by atoms with E-state index in [0.717, 1.165) is 28.3 Å². The van der Waals surface area contributed by atoms with E-state index in [1.807, 2.05) is 12.1 Å². The van der Waals surface area contributed by atoms with Crippen LogP contribution in [-0.4, -0.2) is 14.2 Å². The minimum Gasteiger partial charge on any atom is -0.495 e. The Labute approximate surface area is 99.2 Å². The summed E-state index contributed by atoms with van der Waals surface area (Å²) >= 11 is 1.74. The predicted molar refractivity (Wildman–Crippen MR) is 65.5 cm³/mol. The third-order valence-corrected chi connectivity index (χ3v) is 3.83.